The molecule has 0 aromatic rings. The van der Waals surface area contributed by atoms with Crippen molar-refractivity contribution in [2.45, 2.75) is 32.4 Å². The Kier molecular flexibility index (Phi) is 3.23. The summed E-state index contributed by atoms with van der Waals surface area (Å²) in [6.07, 6.45) is 0.893. The average molecular weight is 221 g/mol. The first-order valence-electron chi connectivity index (χ1n) is 4.89. The van der Waals surface area contributed by atoms with Crippen LogP contribution in [0.15, 0.2) is 0 Å². The van der Waals surface area contributed by atoms with Gasteiger partial charge in [-0.05, 0) is 18.8 Å². The summed E-state index contributed by atoms with van der Waals surface area (Å²) in [5.74, 6) is 0. The minimum atomic E-state index is -3.28. The monoisotopic (exact) mass is 221 g/mol. The van der Waals surface area contributed by atoms with Gasteiger partial charge >= 0.3 is 0 Å². The van der Waals surface area contributed by atoms with Crippen LogP contribution in [-0.4, -0.2) is 42.8 Å². The second-order valence-electron chi connectivity index (χ2n) is 4.79. The summed E-state index contributed by atoms with van der Waals surface area (Å²) in [5, 5.41) is 8.17. The standard InChI is InChI=1S/C9H19NO3S/c1-8(6-11)14(12,13)10-5-4-9(2,3)7-10/h8,11H,4-7H2,1-3H3. The maximum absolute atomic E-state index is 11.8. The summed E-state index contributed by atoms with van der Waals surface area (Å²) >= 11 is 0. The maximum atomic E-state index is 11.8. The van der Waals surface area contributed by atoms with Crippen LogP contribution < -0.4 is 0 Å². The Labute approximate surface area is 86.0 Å². The third kappa shape index (κ3) is 2.27. The Bertz CT molecular complexity index is 297. The van der Waals surface area contributed by atoms with Crippen LogP contribution in [0, 0.1) is 5.41 Å². The van der Waals surface area contributed by atoms with Crippen molar-refractivity contribution in [1.82, 2.24) is 4.31 Å². The topological polar surface area (TPSA) is 57.6 Å². The van der Waals surface area contributed by atoms with Crippen LogP contribution in [0.2, 0.25) is 0 Å². The van der Waals surface area contributed by atoms with E-state index in [4.69, 9.17) is 5.11 Å². The van der Waals surface area contributed by atoms with Crippen molar-refractivity contribution in [2.75, 3.05) is 19.7 Å². The van der Waals surface area contributed by atoms with Crippen molar-refractivity contribution >= 4 is 10.0 Å². The van der Waals surface area contributed by atoms with Gasteiger partial charge in [0.25, 0.3) is 0 Å². The largest absolute Gasteiger partial charge is 0.395 e. The Morgan fingerprint density at radius 1 is 1.50 bits per heavy atom. The SMILES string of the molecule is CC(CO)S(=O)(=O)N1CCC(C)(C)C1. The molecule has 1 unspecified atom stereocenters. The second kappa shape index (κ2) is 3.79. The molecule has 4 nitrogen and oxygen atoms in total. The van der Waals surface area contributed by atoms with E-state index in [9.17, 15) is 8.42 Å². The number of hydrogen-bond donors (Lipinski definition) is 1. The molecule has 84 valence electrons. The van der Waals surface area contributed by atoms with E-state index >= 15 is 0 Å². The molecule has 1 aliphatic heterocycles. The van der Waals surface area contributed by atoms with Gasteiger partial charge in [0.05, 0.1) is 11.9 Å². The fourth-order valence-electron chi connectivity index (χ4n) is 1.63. The summed E-state index contributed by atoms with van der Waals surface area (Å²) in [7, 11) is -3.28. The molecular weight excluding hydrogens is 202 g/mol. The molecule has 1 atom stereocenters. The predicted octanol–water partition coefficient (Wildman–Crippen LogP) is 0.429. The molecule has 0 radical (unpaired) electrons. The average Bonchev–Trinajstić information content (AvgIpc) is 2.45. The third-order valence-electron chi connectivity index (χ3n) is 2.77. The Hall–Kier alpha value is -0.130. The quantitative estimate of drug-likeness (QED) is 0.752. The van der Waals surface area contributed by atoms with Gasteiger partial charge in [0.2, 0.25) is 10.0 Å². The molecular formula is C9H19NO3S. The molecule has 0 aliphatic carbocycles. The molecule has 1 rings (SSSR count). The first-order valence-corrected chi connectivity index (χ1v) is 6.40. The summed E-state index contributed by atoms with van der Waals surface area (Å²) in [5.41, 5.74) is 0.0717. The predicted molar refractivity (Wildman–Crippen MR) is 55.4 cm³/mol. The van der Waals surface area contributed by atoms with Crippen molar-refractivity contribution in [2.24, 2.45) is 5.41 Å². The lowest BCUT2D eigenvalue weighted by Gasteiger charge is -2.22. The minimum Gasteiger partial charge on any atom is -0.395 e. The molecule has 5 heteroatoms. The molecule has 1 heterocycles. The van der Waals surface area contributed by atoms with Crippen molar-refractivity contribution in [1.29, 1.82) is 0 Å². The first-order chi connectivity index (χ1) is 6.29. The molecule has 1 N–H and O–H groups in total. The third-order valence-corrected chi connectivity index (χ3v) is 4.97. The van der Waals surface area contributed by atoms with Gasteiger partial charge in [0.15, 0.2) is 0 Å². The summed E-state index contributed by atoms with van der Waals surface area (Å²) in [6, 6.07) is 0. The van der Waals surface area contributed by atoms with E-state index in [2.05, 4.69) is 13.8 Å². The Morgan fingerprint density at radius 2 is 2.07 bits per heavy atom. The van der Waals surface area contributed by atoms with Crippen molar-refractivity contribution < 1.29 is 13.5 Å². The van der Waals surface area contributed by atoms with Crippen molar-refractivity contribution in [3.05, 3.63) is 0 Å². The van der Waals surface area contributed by atoms with Gasteiger partial charge in [-0.2, -0.15) is 0 Å². The zero-order valence-corrected chi connectivity index (χ0v) is 9.84. The van der Waals surface area contributed by atoms with Crippen molar-refractivity contribution in [3.8, 4) is 0 Å². The van der Waals surface area contributed by atoms with Gasteiger partial charge in [-0.1, -0.05) is 13.8 Å². The highest BCUT2D eigenvalue weighted by molar-refractivity contribution is 7.89. The summed E-state index contributed by atoms with van der Waals surface area (Å²) in [6.45, 7) is 6.51. The first kappa shape index (κ1) is 11.9. The van der Waals surface area contributed by atoms with Gasteiger partial charge in [-0.15, -0.1) is 0 Å². The maximum Gasteiger partial charge on any atom is 0.218 e. The number of rotatable bonds is 3. The smallest absolute Gasteiger partial charge is 0.218 e. The number of nitrogens with zero attached hydrogens (tertiary/aromatic N) is 1. The molecule has 1 saturated heterocycles. The highest BCUT2D eigenvalue weighted by atomic mass is 32.2. The fraction of sp³-hybridized carbons (Fsp3) is 1.00. The molecule has 0 bridgehead atoms. The van der Waals surface area contributed by atoms with Gasteiger partial charge in [-0.3, -0.25) is 0 Å². The van der Waals surface area contributed by atoms with Crippen LogP contribution in [0.3, 0.4) is 0 Å². The fourth-order valence-corrected chi connectivity index (χ4v) is 3.20. The molecule has 1 fully saturated rings. The zero-order chi connectivity index (χ0) is 11.0. The molecule has 0 saturated carbocycles. The highest BCUT2D eigenvalue weighted by Crippen LogP contribution is 2.31. The number of sulfonamides is 1. The van der Waals surface area contributed by atoms with Crippen LogP contribution in [0.5, 0.6) is 0 Å². The van der Waals surface area contributed by atoms with Crippen LogP contribution >= 0.6 is 0 Å². The molecule has 0 aromatic heterocycles. The van der Waals surface area contributed by atoms with E-state index in [0.29, 0.717) is 13.1 Å². The van der Waals surface area contributed by atoms with Gasteiger partial charge in [0, 0.05) is 13.1 Å². The zero-order valence-electron chi connectivity index (χ0n) is 9.02. The van der Waals surface area contributed by atoms with Gasteiger partial charge < -0.3 is 5.11 Å². The highest BCUT2D eigenvalue weighted by Gasteiger charge is 2.38. The lowest BCUT2D eigenvalue weighted by Crippen LogP contribution is -2.38. The van der Waals surface area contributed by atoms with E-state index in [0.717, 1.165) is 6.42 Å². The number of aliphatic hydroxyl groups excluding tert-OH is 1. The Balaban J connectivity index is 2.77. The van der Waals surface area contributed by atoms with Crippen LogP contribution in [0.4, 0.5) is 0 Å². The van der Waals surface area contributed by atoms with E-state index in [1.807, 2.05) is 0 Å². The second-order valence-corrected chi connectivity index (χ2v) is 7.14. The lowest BCUT2D eigenvalue weighted by molar-refractivity contribution is 0.289. The molecule has 1 aliphatic rings. The normalized spacial score (nSPS) is 25.1. The van der Waals surface area contributed by atoms with Crippen LogP contribution in [-0.2, 0) is 10.0 Å². The Morgan fingerprint density at radius 3 is 2.43 bits per heavy atom. The summed E-state index contributed by atoms with van der Waals surface area (Å²) in [4.78, 5) is 0. The van der Waals surface area contributed by atoms with Crippen molar-refractivity contribution in [3.63, 3.8) is 0 Å². The van der Waals surface area contributed by atoms with E-state index in [1.165, 1.54) is 4.31 Å². The van der Waals surface area contributed by atoms with E-state index < -0.39 is 15.3 Å². The van der Waals surface area contributed by atoms with E-state index in [1.54, 1.807) is 6.92 Å². The molecule has 0 spiro atoms. The number of aliphatic hydroxyl groups is 1. The number of hydrogen-bond acceptors (Lipinski definition) is 3. The van der Waals surface area contributed by atoms with Gasteiger partial charge in [0.1, 0.15) is 0 Å². The lowest BCUT2D eigenvalue weighted by atomic mass is 9.93. The molecule has 0 aromatic carbocycles. The molecule has 0 amide bonds. The van der Waals surface area contributed by atoms with Crippen LogP contribution in [0.25, 0.3) is 0 Å². The molecule has 14 heavy (non-hydrogen) atoms. The van der Waals surface area contributed by atoms with Crippen LogP contribution in [0.1, 0.15) is 27.2 Å². The van der Waals surface area contributed by atoms with Gasteiger partial charge in [-0.25, -0.2) is 12.7 Å². The summed E-state index contributed by atoms with van der Waals surface area (Å²) < 4.78 is 25.1. The van der Waals surface area contributed by atoms with E-state index in [-0.39, 0.29) is 12.0 Å². The minimum absolute atomic E-state index is 0.0717.